The van der Waals surface area contributed by atoms with Gasteiger partial charge in [-0.3, -0.25) is 0 Å². The third-order valence-corrected chi connectivity index (χ3v) is 6.73. The van der Waals surface area contributed by atoms with Crippen LogP contribution in [0.2, 0.25) is 0 Å². The molecule has 1 saturated carbocycles. The van der Waals surface area contributed by atoms with Crippen molar-refractivity contribution < 1.29 is 14.2 Å². The second kappa shape index (κ2) is 11.5. The Labute approximate surface area is 218 Å². The van der Waals surface area contributed by atoms with Crippen LogP contribution in [0.5, 0.6) is 17.2 Å². The summed E-state index contributed by atoms with van der Waals surface area (Å²) in [5, 5.41) is 12.1. The van der Waals surface area contributed by atoms with Gasteiger partial charge in [-0.2, -0.15) is 0 Å². The molecule has 0 spiro atoms. The van der Waals surface area contributed by atoms with Crippen molar-refractivity contribution in [3.05, 3.63) is 42.5 Å². The Hall–Kier alpha value is -3.46. The lowest BCUT2D eigenvalue weighted by Gasteiger charge is -2.31. The minimum Gasteiger partial charge on any atom is -0.493 e. The topological polar surface area (TPSA) is 79.9 Å². The number of para-hydroxylation sites is 1. The standard InChI is InChI=1S/C27H35N5O3S/c1-32(2)22-16-25(31-21-9-7-6-8-20(21)22)28-17-10-12-18(13-11-17)29-27(36)30-19-14-23(33-3)26(35-5)24(15-19)34-4/h6-9,14-18H,10-13H2,1-5H3,(H,28,31)(H2,29,30,36)/t17-,18+. The third-order valence-electron chi connectivity index (χ3n) is 6.51. The molecule has 0 aliphatic heterocycles. The number of ether oxygens (including phenoxy) is 3. The molecular formula is C27H35N5O3S. The van der Waals surface area contributed by atoms with Crippen LogP contribution in [0.1, 0.15) is 25.7 Å². The van der Waals surface area contributed by atoms with Gasteiger partial charge in [-0.1, -0.05) is 18.2 Å². The first kappa shape index (κ1) is 25.6. The number of pyridine rings is 1. The number of thiocarbonyl (C=S) groups is 1. The van der Waals surface area contributed by atoms with E-state index >= 15 is 0 Å². The van der Waals surface area contributed by atoms with E-state index in [4.69, 9.17) is 31.4 Å². The van der Waals surface area contributed by atoms with E-state index in [1.165, 1.54) is 5.69 Å². The summed E-state index contributed by atoms with van der Waals surface area (Å²) in [6.07, 6.45) is 4.11. The van der Waals surface area contributed by atoms with Crippen molar-refractivity contribution in [3.63, 3.8) is 0 Å². The van der Waals surface area contributed by atoms with E-state index in [2.05, 4.69) is 59.2 Å². The molecule has 4 rings (SSSR count). The van der Waals surface area contributed by atoms with Crippen LogP contribution >= 0.6 is 12.2 Å². The first-order valence-corrected chi connectivity index (χ1v) is 12.5. The van der Waals surface area contributed by atoms with Crippen LogP contribution in [-0.2, 0) is 0 Å². The Morgan fingerprint density at radius 3 is 2.17 bits per heavy atom. The smallest absolute Gasteiger partial charge is 0.203 e. The monoisotopic (exact) mass is 509 g/mol. The highest BCUT2D eigenvalue weighted by Crippen LogP contribution is 2.40. The van der Waals surface area contributed by atoms with Gasteiger partial charge in [-0.25, -0.2) is 4.98 Å². The van der Waals surface area contributed by atoms with Gasteiger partial charge in [-0.15, -0.1) is 0 Å². The average molecular weight is 510 g/mol. The maximum atomic E-state index is 5.59. The summed E-state index contributed by atoms with van der Waals surface area (Å²) in [6, 6.07) is 14.8. The zero-order chi connectivity index (χ0) is 25.7. The van der Waals surface area contributed by atoms with Gasteiger partial charge in [0.15, 0.2) is 16.6 Å². The molecule has 0 radical (unpaired) electrons. The van der Waals surface area contributed by atoms with Crippen LogP contribution in [0.15, 0.2) is 42.5 Å². The SMILES string of the molecule is COc1cc(NC(=S)N[C@H]2CC[C@@H](Nc3cc(N(C)C)c4ccccc4n3)CC2)cc(OC)c1OC. The Morgan fingerprint density at radius 1 is 0.917 bits per heavy atom. The first-order chi connectivity index (χ1) is 17.4. The zero-order valence-electron chi connectivity index (χ0n) is 21.6. The van der Waals surface area contributed by atoms with E-state index in [9.17, 15) is 0 Å². The fraction of sp³-hybridized carbons (Fsp3) is 0.407. The number of nitrogens with one attached hydrogen (secondary N) is 3. The van der Waals surface area contributed by atoms with Gasteiger partial charge in [0, 0.05) is 61.1 Å². The van der Waals surface area contributed by atoms with Gasteiger partial charge in [0.25, 0.3) is 0 Å². The van der Waals surface area contributed by atoms with Gasteiger partial charge >= 0.3 is 0 Å². The van der Waals surface area contributed by atoms with Crippen molar-refractivity contribution in [2.75, 3.05) is 51.0 Å². The summed E-state index contributed by atoms with van der Waals surface area (Å²) in [5.74, 6) is 2.63. The molecule has 0 unspecified atom stereocenters. The van der Waals surface area contributed by atoms with Crippen LogP contribution in [0.4, 0.5) is 17.2 Å². The minimum atomic E-state index is 0.312. The van der Waals surface area contributed by atoms with Gasteiger partial charge < -0.3 is 35.1 Å². The molecule has 2 aromatic carbocycles. The number of methoxy groups -OCH3 is 3. The number of fused-ring (bicyclic) bond motifs is 1. The van der Waals surface area contributed by atoms with Crippen molar-refractivity contribution in [3.8, 4) is 17.2 Å². The minimum absolute atomic E-state index is 0.312. The highest BCUT2D eigenvalue weighted by molar-refractivity contribution is 7.80. The summed E-state index contributed by atoms with van der Waals surface area (Å²) in [6.45, 7) is 0. The molecule has 36 heavy (non-hydrogen) atoms. The third kappa shape index (κ3) is 5.84. The normalized spacial score (nSPS) is 17.2. The lowest BCUT2D eigenvalue weighted by Crippen LogP contribution is -2.42. The van der Waals surface area contributed by atoms with Crippen LogP contribution in [0.3, 0.4) is 0 Å². The molecule has 0 bridgehead atoms. The summed E-state index contributed by atoms with van der Waals surface area (Å²) < 4.78 is 16.3. The largest absolute Gasteiger partial charge is 0.493 e. The second-order valence-corrected chi connectivity index (χ2v) is 9.55. The molecule has 9 heteroatoms. The van der Waals surface area contributed by atoms with Crippen molar-refractivity contribution >= 4 is 45.4 Å². The van der Waals surface area contributed by atoms with E-state index in [1.807, 2.05) is 18.2 Å². The molecular weight excluding hydrogens is 474 g/mol. The maximum Gasteiger partial charge on any atom is 0.203 e. The molecule has 1 heterocycles. The van der Waals surface area contributed by atoms with E-state index in [-0.39, 0.29) is 0 Å². The fourth-order valence-corrected chi connectivity index (χ4v) is 4.98. The summed E-state index contributed by atoms with van der Waals surface area (Å²) in [4.78, 5) is 6.99. The quantitative estimate of drug-likeness (QED) is 0.362. The first-order valence-electron chi connectivity index (χ1n) is 12.1. The van der Waals surface area contributed by atoms with Crippen LogP contribution in [0, 0.1) is 0 Å². The Morgan fingerprint density at radius 2 is 1.56 bits per heavy atom. The Balaban J connectivity index is 1.33. The Bertz CT molecular complexity index is 1190. The molecule has 8 nitrogen and oxygen atoms in total. The average Bonchev–Trinajstić information content (AvgIpc) is 2.88. The maximum absolute atomic E-state index is 5.59. The van der Waals surface area contributed by atoms with Gasteiger partial charge in [0.05, 0.1) is 26.8 Å². The number of nitrogens with zero attached hydrogens (tertiary/aromatic N) is 2. The highest BCUT2D eigenvalue weighted by atomic mass is 32.1. The summed E-state index contributed by atoms with van der Waals surface area (Å²) in [5.41, 5.74) is 2.95. The lowest BCUT2D eigenvalue weighted by atomic mass is 9.91. The molecule has 1 aliphatic rings. The van der Waals surface area contributed by atoms with Gasteiger partial charge in [0.2, 0.25) is 5.75 Å². The number of hydrogen-bond donors (Lipinski definition) is 3. The molecule has 1 fully saturated rings. The number of anilines is 3. The van der Waals surface area contributed by atoms with Crippen LogP contribution < -0.4 is 35.1 Å². The Kier molecular flexibility index (Phi) is 8.20. The van der Waals surface area contributed by atoms with E-state index < -0.39 is 0 Å². The molecule has 0 atom stereocenters. The number of aromatic nitrogens is 1. The van der Waals surface area contributed by atoms with Gasteiger partial charge in [-0.05, 0) is 44.0 Å². The molecule has 0 amide bonds. The van der Waals surface area contributed by atoms with Crippen LogP contribution in [0.25, 0.3) is 10.9 Å². The number of rotatable bonds is 8. The summed E-state index contributed by atoms with van der Waals surface area (Å²) in [7, 11) is 8.91. The van der Waals surface area contributed by atoms with E-state index in [0.29, 0.717) is 34.4 Å². The van der Waals surface area contributed by atoms with Crippen molar-refractivity contribution in [2.45, 2.75) is 37.8 Å². The molecule has 3 N–H and O–H groups in total. The zero-order valence-corrected chi connectivity index (χ0v) is 22.4. The lowest BCUT2D eigenvalue weighted by molar-refractivity contribution is 0.324. The molecule has 1 aliphatic carbocycles. The van der Waals surface area contributed by atoms with Crippen molar-refractivity contribution in [2.24, 2.45) is 0 Å². The number of hydrogen-bond acceptors (Lipinski definition) is 7. The van der Waals surface area contributed by atoms with Crippen molar-refractivity contribution in [1.82, 2.24) is 10.3 Å². The molecule has 0 saturated heterocycles. The van der Waals surface area contributed by atoms with Crippen LogP contribution in [-0.4, -0.2) is 57.6 Å². The molecule has 3 aromatic rings. The fourth-order valence-electron chi connectivity index (χ4n) is 4.70. The molecule has 1 aromatic heterocycles. The predicted molar refractivity (Wildman–Crippen MR) is 151 cm³/mol. The van der Waals surface area contributed by atoms with Gasteiger partial charge in [0.1, 0.15) is 5.82 Å². The predicted octanol–water partition coefficient (Wildman–Crippen LogP) is 5.04. The summed E-state index contributed by atoms with van der Waals surface area (Å²) >= 11 is 5.59. The molecule has 192 valence electrons. The van der Waals surface area contributed by atoms with E-state index in [1.54, 1.807) is 21.3 Å². The number of benzene rings is 2. The highest BCUT2D eigenvalue weighted by Gasteiger charge is 2.23. The van der Waals surface area contributed by atoms with Crippen molar-refractivity contribution in [1.29, 1.82) is 0 Å². The second-order valence-electron chi connectivity index (χ2n) is 9.14. The van der Waals surface area contributed by atoms with E-state index in [0.717, 1.165) is 48.1 Å².